The monoisotopic (exact) mass is 377 g/mol. The van der Waals surface area contributed by atoms with E-state index in [2.05, 4.69) is 20.6 Å². The largest absolute Gasteiger partial charge is 0.350 e. The zero-order valence-corrected chi connectivity index (χ0v) is 15.0. The fourth-order valence-electron chi connectivity index (χ4n) is 2.67. The molecule has 0 aliphatic rings. The van der Waals surface area contributed by atoms with Crippen LogP contribution in [-0.4, -0.2) is 20.8 Å². The van der Waals surface area contributed by atoms with Crippen molar-refractivity contribution in [1.82, 2.24) is 20.6 Å². The zero-order valence-electron chi connectivity index (χ0n) is 15.0. The number of rotatable bonds is 8. The van der Waals surface area contributed by atoms with E-state index in [0.717, 1.165) is 11.1 Å². The number of nitro groups is 1. The van der Waals surface area contributed by atoms with Crippen molar-refractivity contribution in [2.24, 2.45) is 0 Å². The fourth-order valence-corrected chi connectivity index (χ4v) is 2.67. The van der Waals surface area contributed by atoms with Crippen molar-refractivity contribution in [2.75, 3.05) is 0 Å². The van der Waals surface area contributed by atoms with Gasteiger partial charge < -0.3 is 5.32 Å². The van der Waals surface area contributed by atoms with Crippen LogP contribution in [0.1, 0.15) is 22.7 Å². The van der Waals surface area contributed by atoms with Crippen LogP contribution in [0.3, 0.4) is 0 Å². The molecule has 0 radical (unpaired) electrons. The van der Waals surface area contributed by atoms with Crippen LogP contribution in [0.4, 0.5) is 5.69 Å². The predicted octanol–water partition coefficient (Wildman–Crippen LogP) is 2.53. The van der Waals surface area contributed by atoms with Crippen molar-refractivity contribution in [3.8, 4) is 0 Å². The quantitative estimate of drug-likeness (QED) is 0.461. The third-order valence-electron chi connectivity index (χ3n) is 4.12. The molecule has 3 aromatic rings. The standard InChI is InChI=1S/C20H19N5O3/c26-20(24-14-16-4-2-10-22-12-16)19(23-13-15-3-1-9-21-11-15)17-5-7-18(8-6-17)25(27)28/h1-12,19,23H,13-14H2,(H,24,26). The average molecular weight is 377 g/mol. The molecule has 0 aliphatic heterocycles. The van der Waals surface area contributed by atoms with Crippen molar-refractivity contribution in [3.63, 3.8) is 0 Å². The van der Waals surface area contributed by atoms with E-state index >= 15 is 0 Å². The van der Waals surface area contributed by atoms with Crippen LogP contribution in [0.5, 0.6) is 0 Å². The molecular formula is C20H19N5O3. The molecule has 8 heteroatoms. The SMILES string of the molecule is O=C(NCc1cccnc1)C(NCc1cccnc1)c1ccc([N+](=O)[O-])cc1. The molecule has 0 spiro atoms. The van der Waals surface area contributed by atoms with Gasteiger partial charge >= 0.3 is 0 Å². The minimum absolute atomic E-state index is 0.0227. The Hall–Kier alpha value is -3.65. The van der Waals surface area contributed by atoms with E-state index in [4.69, 9.17) is 0 Å². The predicted molar refractivity (Wildman–Crippen MR) is 103 cm³/mol. The van der Waals surface area contributed by atoms with E-state index in [1.807, 2.05) is 18.2 Å². The van der Waals surface area contributed by atoms with Crippen molar-refractivity contribution in [1.29, 1.82) is 0 Å². The van der Waals surface area contributed by atoms with Crippen LogP contribution in [0.25, 0.3) is 0 Å². The number of nitrogens with zero attached hydrogens (tertiary/aromatic N) is 3. The number of aromatic nitrogens is 2. The first-order chi connectivity index (χ1) is 13.6. The van der Waals surface area contributed by atoms with Gasteiger partial charge in [0, 0.05) is 50.0 Å². The summed E-state index contributed by atoms with van der Waals surface area (Å²) in [5.74, 6) is -0.235. The third kappa shape index (κ3) is 5.18. The summed E-state index contributed by atoms with van der Waals surface area (Å²) >= 11 is 0. The highest BCUT2D eigenvalue weighted by Gasteiger charge is 2.21. The lowest BCUT2D eigenvalue weighted by Crippen LogP contribution is -2.37. The van der Waals surface area contributed by atoms with Gasteiger partial charge in [-0.05, 0) is 28.8 Å². The van der Waals surface area contributed by atoms with Gasteiger partial charge in [0.25, 0.3) is 5.69 Å². The molecule has 1 amide bonds. The lowest BCUT2D eigenvalue weighted by molar-refractivity contribution is -0.384. The van der Waals surface area contributed by atoms with Gasteiger partial charge in [-0.25, -0.2) is 0 Å². The van der Waals surface area contributed by atoms with Gasteiger partial charge in [0.05, 0.1) is 4.92 Å². The average Bonchev–Trinajstić information content (AvgIpc) is 2.74. The molecule has 0 fully saturated rings. The van der Waals surface area contributed by atoms with Crippen LogP contribution in [-0.2, 0) is 17.9 Å². The molecule has 3 rings (SSSR count). The second kappa shape index (κ2) is 9.33. The lowest BCUT2D eigenvalue weighted by Gasteiger charge is -2.19. The Balaban J connectivity index is 1.74. The number of pyridine rings is 2. The van der Waals surface area contributed by atoms with Crippen molar-refractivity contribution < 1.29 is 9.72 Å². The molecule has 0 saturated carbocycles. The zero-order chi connectivity index (χ0) is 19.8. The van der Waals surface area contributed by atoms with E-state index in [0.29, 0.717) is 18.7 Å². The maximum absolute atomic E-state index is 12.8. The van der Waals surface area contributed by atoms with Gasteiger partial charge in [-0.3, -0.25) is 30.2 Å². The van der Waals surface area contributed by atoms with Crippen molar-refractivity contribution in [2.45, 2.75) is 19.1 Å². The van der Waals surface area contributed by atoms with Crippen LogP contribution >= 0.6 is 0 Å². The molecule has 0 saturated heterocycles. The first-order valence-corrected chi connectivity index (χ1v) is 8.67. The molecule has 28 heavy (non-hydrogen) atoms. The number of carbonyl (C=O) groups excluding carboxylic acids is 1. The summed E-state index contributed by atoms with van der Waals surface area (Å²) < 4.78 is 0. The minimum Gasteiger partial charge on any atom is -0.350 e. The van der Waals surface area contributed by atoms with Crippen LogP contribution in [0.15, 0.2) is 73.3 Å². The molecule has 142 valence electrons. The summed E-state index contributed by atoms with van der Waals surface area (Å²) in [6.45, 7) is 0.764. The second-order valence-electron chi connectivity index (χ2n) is 6.10. The van der Waals surface area contributed by atoms with E-state index in [1.54, 1.807) is 43.0 Å². The number of amides is 1. The van der Waals surface area contributed by atoms with E-state index < -0.39 is 11.0 Å². The van der Waals surface area contributed by atoms with Crippen molar-refractivity contribution in [3.05, 3.63) is 100 Å². The first-order valence-electron chi connectivity index (χ1n) is 8.67. The smallest absolute Gasteiger partial charge is 0.269 e. The molecule has 1 atom stereocenters. The normalized spacial score (nSPS) is 11.6. The Bertz CT molecular complexity index is 918. The highest BCUT2D eigenvalue weighted by molar-refractivity contribution is 5.83. The van der Waals surface area contributed by atoms with Gasteiger partial charge in [-0.15, -0.1) is 0 Å². The number of hydrogen-bond donors (Lipinski definition) is 2. The van der Waals surface area contributed by atoms with Gasteiger partial charge in [-0.2, -0.15) is 0 Å². The Morgan fingerprint density at radius 3 is 2.11 bits per heavy atom. The maximum atomic E-state index is 12.8. The molecule has 1 unspecified atom stereocenters. The van der Waals surface area contributed by atoms with Gasteiger partial charge in [-0.1, -0.05) is 24.3 Å². The Labute approximate surface area is 161 Å². The molecule has 0 bridgehead atoms. The fraction of sp³-hybridized carbons (Fsp3) is 0.150. The van der Waals surface area contributed by atoms with Crippen LogP contribution in [0.2, 0.25) is 0 Å². The minimum atomic E-state index is -0.669. The molecule has 1 aromatic carbocycles. The van der Waals surface area contributed by atoms with Gasteiger partial charge in [0.15, 0.2) is 0 Å². The Morgan fingerprint density at radius 1 is 0.964 bits per heavy atom. The third-order valence-corrected chi connectivity index (χ3v) is 4.12. The molecular weight excluding hydrogens is 358 g/mol. The maximum Gasteiger partial charge on any atom is 0.269 e. The van der Waals surface area contributed by atoms with Crippen molar-refractivity contribution >= 4 is 11.6 Å². The van der Waals surface area contributed by atoms with Gasteiger partial charge in [0.1, 0.15) is 6.04 Å². The molecule has 2 aromatic heterocycles. The van der Waals surface area contributed by atoms with E-state index in [-0.39, 0.29) is 11.6 Å². The summed E-state index contributed by atoms with van der Waals surface area (Å²) in [6.07, 6.45) is 6.75. The number of carbonyl (C=O) groups is 1. The summed E-state index contributed by atoms with van der Waals surface area (Å²) in [6, 6.07) is 12.7. The van der Waals surface area contributed by atoms with Gasteiger partial charge in [0.2, 0.25) is 5.91 Å². The molecule has 8 nitrogen and oxygen atoms in total. The number of hydrogen-bond acceptors (Lipinski definition) is 6. The van der Waals surface area contributed by atoms with Crippen LogP contribution < -0.4 is 10.6 Å². The summed E-state index contributed by atoms with van der Waals surface area (Å²) in [7, 11) is 0. The second-order valence-corrected chi connectivity index (χ2v) is 6.10. The number of nitro benzene ring substituents is 1. The molecule has 0 aliphatic carbocycles. The lowest BCUT2D eigenvalue weighted by atomic mass is 10.0. The topological polar surface area (TPSA) is 110 Å². The number of nitrogens with one attached hydrogen (secondary N) is 2. The summed E-state index contributed by atoms with van der Waals surface area (Å²) in [5, 5.41) is 17.0. The molecule has 2 heterocycles. The van der Waals surface area contributed by atoms with E-state index in [9.17, 15) is 14.9 Å². The first kappa shape index (κ1) is 19.1. The number of benzene rings is 1. The van der Waals surface area contributed by atoms with Crippen LogP contribution in [0, 0.1) is 10.1 Å². The summed E-state index contributed by atoms with van der Waals surface area (Å²) in [4.78, 5) is 31.3. The Morgan fingerprint density at radius 2 is 1.57 bits per heavy atom. The molecule has 2 N–H and O–H groups in total. The highest BCUT2D eigenvalue weighted by atomic mass is 16.6. The highest BCUT2D eigenvalue weighted by Crippen LogP contribution is 2.19. The van der Waals surface area contributed by atoms with E-state index in [1.165, 1.54) is 12.1 Å². The summed E-state index contributed by atoms with van der Waals surface area (Å²) in [5.41, 5.74) is 2.42. The Kier molecular flexibility index (Phi) is 6.37. The number of non-ortho nitro benzene ring substituents is 1.